The molecule has 0 heterocycles. The zero-order chi connectivity index (χ0) is 45.0. The summed E-state index contributed by atoms with van der Waals surface area (Å²) in [6, 6.07) is -0.888. The van der Waals surface area contributed by atoms with Crippen molar-refractivity contribution in [3.8, 4) is 0 Å². The van der Waals surface area contributed by atoms with Crippen molar-refractivity contribution in [2.24, 2.45) is 0 Å². The molecular weight excluding hydrogens is 780 g/mol. The second-order valence-electron chi connectivity index (χ2n) is 17.8. The van der Waals surface area contributed by atoms with Crippen LogP contribution in [0.15, 0.2) is 72.9 Å². The molecule has 0 aromatic carbocycles. The summed E-state index contributed by atoms with van der Waals surface area (Å²) in [6.07, 6.45) is 58.6. The largest absolute Gasteiger partial charge is 0.472 e. The number of phosphoric acid groups is 1. The van der Waals surface area contributed by atoms with E-state index >= 15 is 0 Å². The van der Waals surface area contributed by atoms with E-state index in [0.29, 0.717) is 17.4 Å². The number of hydrogen-bond donors (Lipinski definition) is 3. The van der Waals surface area contributed by atoms with Gasteiger partial charge >= 0.3 is 7.82 Å². The summed E-state index contributed by atoms with van der Waals surface area (Å²) in [7, 11) is 1.52. The molecule has 0 spiro atoms. The van der Waals surface area contributed by atoms with Gasteiger partial charge in [-0.05, 0) is 77.0 Å². The lowest BCUT2D eigenvalue weighted by molar-refractivity contribution is -0.870. The van der Waals surface area contributed by atoms with Gasteiger partial charge in [-0.25, -0.2) is 4.57 Å². The van der Waals surface area contributed by atoms with Crippen LogP contribution in [0, 0.1) is 0 Å². The van der Waals surface area contributed by atoms with E-state index in [1.54, 1.807) is 6.08 Å². The van der Waals surface area contributed by atoms with Crippen LogP contribution in [0.2, 0.25) is 0 Å². The van der Waals surface area contributed by atoms with Crippen molar-refractivity contribution in [3.05, 3.63) is 72.9 Å². The third-order valence-corrected chi connectivity index (χ3v) is 11.6. The number of amides is 1. The minimum atomic E-state index is -4.36. The Balaban J connectivity index is 4.37. The molecule has 0 bridgehead atoms. The van der Waals surface area contributed by atoms with Gasteiger partial charge < -0.3 is 19.8 Å². The number of hydrogen-bond acceptors (Lipinski definition) is 5. The van der Waals surface area contributed by atoms with Crippen LogP contribution in [0.5, 0.6) is 0 Å². The topological polar surface area (TPSA) is 105 Å². The van der Waals surface area contributed by atoms with Gasteiger partial charge in [-0.15, -0.1) is 0 Å². The number of nitrogens with zero attached hydrogens (tertiary/aromatic N) is 1. The Morgan fingerprint density at radius 3 is 1.51 bits per heavy atom. The SMILES string of the molecule is CC/C=C\C/C=C\C/C=C\CCCCCC(=O)NC(COP(=O)(O)OCC[N+](C)(C)C)C(O)/C=C/CC/C=C/CC/C=C/CCCCCCCCCCCCCCCCCC. The number of allylic oxidation sites excluding steroid dienone is 11. The van der Waals surface area contributed by atoms with Crippen LogP contribution in [0.1, 0.15) is 200 Å². The summed E-state index contributed by atoms with van der Waals surface area (Å²) in [5.41, 5.74) is 0. The van der Waals surface area contributed by atoms with Crippen molar-refractivity contribution < 1.29 is 32.9 Å². The van der Waals surface area contributed by atoms with Crippen molar-refractivity contribution in [1.29, 1.82) is 0 Å². The molecule has 0 aliphatic carbocycles. The van der Waals surface area contributed by atoms with E-state index < -0.39 is 20.0 Å². The Labute approximate surface area is 376 Å². The smallest absolute Gasteiger partial charge is 0.387 e. The number of likely N-dealkylation sites (N-methyl/N-ethyl adjacent to an activating group) is 1. The predicted molar refractivity (Wildman–Crippen MR) is 263 cm³/mol. The van der Waals surface area contributed by atoms with E-state index in [9.17, 15) is 19.4 Å². The molecule has 1 amide bonds. The highest BCUT2D eigenvalue weighted by Gasteiger charge is 2.27. The molecule has 61 heavy (non-hydrogen) atoms. The Kier molecular flexibility index (Phi) is 41.7. The van der Waals surface area contributed by atoms with E-state index in [-0.39, 0.29) is 19.1 Å². The highest BCUT2D eigenvalue weighted by molar-refractivity contribution is 7.47. The molecule has 0 rings (SSSR count). The Hall–Kier alpha value is -2.06. The summed E-state index contributed by atoms with van der Waals surface area (Å²) in [5, 5.41) is 13.8. The Morgan fingerprint density at radius 2 is 1.00 bits per heavy atom. The highest BCUT2D eigenvalue weighted by atomic mass is 31.2. The first kappa shape index (κ1) is 58.9. The van der Waals surface area contributed by atoms with Crippen molar-refractivity contribution in [2.75, 3.05) is 40.9 Å². The van der Waals surface area contributed by atoms with E-state index in [0.717, 1.165) is 70.6 Å². The molecular formula is C52H96N2O6P+. The number of phosphoric ester groups is 1. The average molecular weight is 876 g/mol. The monoisotopic (exact) mass is 876 g/mol. The minimum absolute atomic E-state index is 0.0443. The van der Waals surface area contributed by atoms with Crippen molar-refractivity contribution in [2.45, 2.75) is 212 Å². The summed E-state index contributed by atoms with van der Waals surface area (Å²) in [5.74, 6) is -0.223. The lowest BCUT2D eigenvalue weighted by atomic mass is 10.0. The zero-order valence-corrected chi connectivity index (χ0v) is 41.0. The fraction of sp³-hybridized carbons (Fsp3) is 0.750. The van der Waals surface area contributed by atoms with Gasteiger partial charge in [0.25, 0.3) is 0 Å². The Bertz CT molecular complexity index is 1220. The van der Waals surface area contributed by atoms with E-state index in [4.69, 9.17) is 9.05 Å². The lowest BCUT2D eigenvalue weighted by Crippen LogP contribution is -2.45. The summed E-state index contributed by atoms with van der Waals surface area (Å²) in [6.45, 7) is 4.64. The fourth-order valence-corrected chi connectivity index (χ4v) is 7.47. The van der Waals surface area contributed by atoms with Crippen LogP contribution >= 0.6 is 7.82 Å². The molecule has 0 radical (unpaired) electrons. The lowest BCUT2D eigenvalue weighted by Gasteiger charge is -2.25. The second-order valence-corrected chi connectivity index (χ2v) is 19.2. The number of rotatable bonds is 44. The first-order valence-electron chi connectivity index (χ1n) is 24.8. The number of carbonyl (C=O) groups excluding carboxylic acids is 1. The normalized spacial score (nSPS) is 14.8. The van der Waals surface area contributed by atoms with Crippen molar-refractivity contribution in [1.82, 2.24) is 5.32 Å². The maximum atomic E-state index is 12.9. The minimum Gasteiger partial charge on any atom is -0.387 e. The standard InChI is InChI=1S/C52H95N2O6P/c1-6-8-10-12-14-16-18-20-21-22-23-24-25-26-27-28-29-30-31-32-34-35-37-39-41-43-45-51(55)50(49-60-61(57,58)59-48-47-54(3,4)5)53-52(56)46-44-42-40-38-36-33-19-17-15-13-11-9-7-2/h9,11,15,17,30-31,33,35-37,43,45,50-51,55H,6-8,10,12-14,16,18-29,32,34,38-42,44,46-49H2,1-5H3,(H-,53,56,57,58)/p+1/b11-9-,17-15-,31-30+,36-33-,37-35+,45-43+. The Morgan fingerprint density at radius 1 is 0.574 bits per heavy atom. The van der Waals surface area contributed by atoms with Crippen LogP contribution in [0.25, 0.3) is 0 Å². The number of aliphatic hydroxyl groups is 1. The maximum Gasteiger partial charge on any atom is 0.472 e. The number of nitrogens with one attached hydrogen (secondary N) is 1. The predicted octanol–water partition coefficient (Wildman–Crippen LogP) is 14.4. The molecule has 0 aliphatic rings. The molecule has 0 aromatic rings. The first-order valence-corrected chi connectivity index (χ1v) is 26.3. The van der Waals surface area contributed by atoms with Gasteiger partial charge in [0.2, 0.25) is 5.91 Å². The molecule has 354 valence electrons. The fourth-order valence-electron chi connectivity index (χ4n) is 6.73. The van der Waals surface area contributed by atoms with E-state index in [2.05, 4.69) is 79.9 Å². The summed E-state index contributed by atoms with van der Waals surface area (Å²) in [4.78, 5) is 23.1. The van der Waals surface area contributed by atoms with Crippen LogP contribution < -0.4 is 5.32 Å². The van der Waals surface area contributed by atoms with Gasteiger partial charge in [-0.1, -0.05) is 189 Å². The van der Waals surface area contributed by atoms with Gasteiger partial charge in [0.05, 0.1) is 39.9 Å². The van der Waals surface area contributed by atoms with Crippen LogP contribution in [-0.4, -0.2) is 73.4 Å². The van der Waals surface area contributed by atoms with Gasteiger partial charge in [-0.3, -0.25) is 13.8 Å². The molecule has 0 saturated heterocycles. The van der Waals surface area contributed by atoms with E-state index in [1.165, 1.54) is 109 Å². The molecule has 9 heteroatoms. The van der Waals surface area contributed by atoms with Crippen molar-refractivity contribution >= 4 is 13.7 Å². The number of quaternary nitrogens is 1. The van der Waals surface area contributed by atoms with Gasteiger partial charge in [-0.2, -0.15) is 0 Å². The summed E-state index contributed by atoms with van der Waals surface area (Å²) >= 11 is 0. The molecule has 8 nitrogen and oxygen atoms in total. The molecule has 0 saturated carbocycles. The van der Waals surface area contributed by atoms with Gasteiger partial charge in [0.1, 0.15) is 13.2 Å². The van der Waals surface area contributed by atoms with E-state index in [1.807, 2.05) is 27.2 Å². The van der Waals surface area contributed by atoms with Gasteiger partial charge in [0.15, 0.2) is 0 Å². The molecule has 3 atom stereocenters. The number of carbonyl (C=O) groups is 1. The molecule has 0 aliphatic heterocycles. The molecule has 0 fully saturated rings. The van der Waals surface area contributed by atoms with Crippen molar-refractivity contribution in [3.63, 3.8) is 0 Å². The first-order chi connectivity index (χ1) is 29.5. The maximum absolute atomic E-state index is 12.9. The highest BCUT2D eigenvalue weighted by Crippen LogP contribution is 2.43. The van der Waals surface area contributed by atoms with Crippen LogP contribution in [0.3, 0.4) is 0 Å². The quantitative estimate of drug-likeness (QED) is 0.0244. The number of unbranched alkanes of at least 4 members (excludes halogenated alkanes) is 21. The van der Waals surface area contributed by atoms with Gasteiger partial charge in [0, 0.05) is 6.42 Å². The summed E-state index contributed by atoms with van der Waals surface area (Å²) < 4.78 is 23.5. The van der Waals surface area contributed by atoms with Crippen LogP contribution in [0.4, 0.5) is 0 Å². The number of aliphatic hydroxyl groups excluding tert-OH is 1. The second kappa shape index (κ2) is 43.2. The zero-order valence-electron chi connectivity index (χ0n) is 40.1. The third-order valence-electron chi connectivity index (χ3n) is 10.6. The van der Waals surface area contributed by atoms with Crippen LogP contribution in [-0.2, 0) is 18.4 Å². The third kappa shape index (κ3) is 45.8. The average Bonchev–Trinajstić information content (AvgIpc) is 3.21. The molecule has 3 N–H and O–H groups in total. The molecule has 0 aromatic heterocycles. The molecule has 3 unspecified atom stereocenters.